The third-order valence-corrected chi connectivity index (χ3v) is 5.15. The molecule has 1 aliphatic heterocycles. The van der Waals surface area contributed by atoms with Crippen molar-refractivity contribution in [2.75, 3.05) is 18.1 Å². The lowest BCUT2D eigenvalue weighted by Gasteiger charge is -2.28. The van der Waals surface area contributed by atoms with Crippen molar-refractivity contribution < 1.29 is 0 Å². The molecule has 1 fully saturated rings. The lowest BCUT2D eigenvalue weighted by Crippen LogP contribution is -2.31. The first-order valence-corrected chi connectivity index (χ1v) is 5.91. The summed E-state index contributed by atoms with van der Waals surface area (Å²) in [4.78, 5) is 0. The summed E-state index contributed by atoms with van der Waals surface area (Å²) in [6, 6.07) is 0. The normalized spacial score (nSPS) is 34.2. The fourth-order valence-electron chi connectivity index (χ4n) is 1.21. The Labute approximate surface area is 71.5 Å². The smallest absolute Gasteiger partial charge is 0.0289 e. The molecule has 60 valence electrons. The average molecular weight is 177 g/mol. The third kappa shape index (κ3) is 2.07. The van der Waals surface area contributed by atoms with Gasteiger partial charge in [-0.1, -0.05) is 6.92 Å². The first-order valence-electron chi connectivity index (χ1n) is 3.81. The van der Waals surface area contributed by atoms with Crippen LogP contribution in [-0.2, 0) is 0 Å². The Hall–Kier alpha value is 0.660. The highest BCUT2D eigenvalue weighted by molar-refractivity contribution is 8.07. The maximum absolute atomic E-state index is 5.64. The second-order valence-electron chi connectivity index (χ2n) is 2.46. The minimum absolute atomic E-state index is 0.726. The Morgan fingerprint density at radius 1 is 1.30 bits per heavy atom. The summed E-state index contributed by atoms with van der Waals surface area (Å²) in [7, 11) is 0. The van der Waals surface area contributed by atoms with E-state index in [1.807, 2.05) is 0 Å². The van der Waals surface area contributed by atoms with Gasteiger partial charge in [0, 0.05) is 28.6 Å². The molecule has 1 heterocycles. The van der Waals surface area contributed by atoms with E-state index in [0.717, 1.165) is 17.0 Å². The van der Waals surface area contributed by atoms with Crippen molar-refractivity contribution in [2.24, 2.45) is 5.73 Å². The zero-order valence-corrected chi connectivity index (χ0v) is 8.01. The van der Waals surface area contributed by atoms with E-state index in [9.17, 15) is 0 Å². The second-order valence-corrected chi connectivity index (χ2v) is 5.16. The van der Waals surface area contributed by atoms with Gasteiger partial charge in [-0.05, 0) is 6.42 Å². The van der Waals surface area contributed by atoms with Crippen LogP contribution >= 0.6 is 23.5 Å². The average Bonchev–Trinajstić information content (AvgIpc) is 2.04. The topological polar surface area (TPSA) is 26.0 Å². The molecule has 0 bridgehead atoms. The van der Waals surface area contributed by atoms with E-state index < -0.39 is 0 Å². The summed E-state index contributed by atoms with van der Waals surface area (Å²) in [6.45, 7) is 3.11. The van der Waals surface area contributed by atoms with Gasteiger partial charge in [0.25, 0.3) is 0 Å². The van der Waals surface area contributed by atoms with Gasteiger partial charge < -0.3 is 5.73 Å². The van der Waals surface area contributed by atoms with Crippen LogP contribution in [0.5, 0.6) is 0 Å². The van der Waals surface area contributed by atoms with E-state index in [1.54, 1.807) is 0 Å². The molecule has 0 spiro atoms. The van der Waals surface area contributed by atoms with Crippen LogP contribution in [0, 0.1) is 0 Å². The van der Waals surface area contributed by atoms with Gasteiger partial charge in [0.2, 0.25) is 0 Å². The summed E-state index contributed by atoms with van der Waals surface area (Å²) in [5.74, 6) is 2.61. The van der Waals surface area contributed by atoms with Crippen molar-refractivity contribution in [3.63, 3.8) is 0 Å². The predicted molar refractivity (Wildman–Crippen MR) is 51.8 cm³/mol. The summed E-state index contributed by atoms with van der Waals surface area (Å²) in [5.41, 5.74) is 5.64. The van der Waals surface area contributed by atoms with E-state index in [2.05, 4.69) is 30.4 Å². The third-order valence-electron chi connectivity index (χ3n) is 1.80. The maximum Gasteiger partial charge on any atom is 0.0289 e. The monoisotopic (exact) mass is 177 g/mol. The number of hydrogen-bond acceptors (Lipinski definition) is 3. The number of nitrogens with two attached hydrogens (primary N) is 1. The standard InChI is InChI=1S/C7H15NS2/c1-2-6-7(5-8)10-4-3-9-6/h6-7H,2-5,8H2,1H3. The molecule has 2 unspecified atom stereocenters. The van der Waals surface area contributed by atoms with Gasteiger partial charge in [0.05, 0.1) is 0 Å². The summed E-state index contributed by atoms with van der Waals surface area (Å²) in [5, 5.41) is 1.55. The molecule has 0 amide bonds. The van der Waals surface area contributed by atoms with Gasteiger partial charge in [-0.2, -0.15) is 23.5 Å². The molecule has 2 atom stereocenters. The summed E-state index contributed by atoms with van der Waals surface area (Å²) >= 11 is 4.15. The second kappa shape index (κ2) is 4.52. The molecule has 0 aromatic rings. The van der Waals surface area contributed by atoms with Gasteiger partial charge in [-0.25, -0.2) is 0 Å². The lowest BCUT2D eigenvalue weighted by molar-refractivity contribution is 0.758. The molecule has 1 saturated heterocycles. The fraction of sp³-hybridized carbons (Fsp3) is 1.00. The highest BCUT2D eigenvalue weighted by Crippen LogP contribution is 2.32. The molecule has 10 heavy (non-hydrogen) atoms. The Kier molecular flexibility index (Phi) is 3.96. The van der Waals surface area contributed by atoms with Crippen molar-refractivity contribution in [2.45, 2.75) is 23.8 Å². The van der Waals surface area contributed by atoms with Gasteiger partial charge in [-0.15, -0.1) is 0 Å². The van der Waals surface area contributed by atoms with Crippen molar-refractivity contribution in [1.82, 2.24) is 0 Å². The largest absolute Gasteiger partial charge is 0.329 e. The number of thioether (sulfide) groups is 2. The molecule has 1 rings (SSSR count). The van der Waals surface area contributed by atoms with Crippen molar-refractivity contribution in [3.05, 3.63) is 0 Å². The molecule has 0 saturated carbocycles. The zero-order valence-electron chi connectivity index (χ0n) is 6.38. The van der Waals surface area contributed by atoms with Gasteiger partial charge in [-0.3, -0.25) is 0 Å². The predicted octanol–water partition coefficient (Wildman–Crippen LogP) is 1.57. The van der Waals surface area contributed by atoms with Crippen LogP contribution in [0.2, 0.25) is 0 Å². The Bertz CT molecular complexity index is 85.6. The number of rotatable bonds is 2. The van der Waals surface area contributed by atoms with Gasteiger partial charge in [0.1, 0.15) is 0 Å². The van der Waals surface area contributed by atoms with E-state index in [0.29, 0.717) is 0 Å². The minimum Gasteiger partial charge on any atom is -0.329 e. The fourth-order valence-corrected chi connectivity index (χ4v) is 4.17. The summed E-state index contributed by atoms with van der Waals surface area (Å²) < 4.78 is 0. The van der Waals surface area contributed by atoms with Gasteiger partial charge >= 0.3 is 0 Å². The van der Waals surface area contributed by atoms with E-state index >= 15 is 0 Å². The van der Waals surface area contributed by atoms with E-state index in [4.69, 9.17) is 5.73 Å². The summed E-state index contributed by atoms with van der Waals surface area (Å²) in [6.07, 6.45) is 1.28. The highest BCUT2D eigenvalue weighted by Gasteiger charge is 2.22. The minimum atomic E-state index is 0.726. The molecular formula is C7H15NS2. The lowest BCUT2D eigenvalue weighted by atomic mass is 10.2. The molecule has 2 N–H and O–H groups in total. The molecule has 0 aromatic heterocycles. The van der Waals surface area contributed by atoms with Crippen LogP contribution in [0.25, 0.3) is 0 Å². The van der Waals surface area contributed by atoms with Gasteiger partial charge in [0.15, 0.2) is 0 Å². The van der Waals surface area contributed by atoms with Crippen molar-refractivity contribution >= 4 is 23.5 Å². The van der Waals surface area contributed by atoms with Crippen LogP contribution in [0.1, 0.15) is 13.3 Å². The zero-order chi connectivity index (χ0) is 7.40. The van der Waals surface area contributed by atoms with Crippen molar-refractivity contribution in [1.29, 1.82) is 0 Å². The Balaban J connectivity index is 2.34. The first kappa shape index (κ1) is 8.75. The van der Waals surface area contributed by atoms with Crippen LogP contribution in [0.3, 0.4) is 0 Å². The van der Waals surface area contributed by atoms with Crippen molar-refractivity contribution in [3.8, 4) is 0 Å². The Morgan fingerprint density at radius 2 is 1.90 bits per heavy atom. The molecule has 0 aliphatic carbocycles. The SMILES string of the molecule is CCC1SCCSC1CN. The van der Waals surface area contributed by atoms with Crippen LogP contribution < -0.4 is 5.73 Å². The molecule has 0 aromatic carbocycles. The quantitative estimate of drug-likeness (QED) is 0.693. The first-order chi connectivity index (χ1) is 4.88. The highest BCUT2D eigenvalue weighted by atomic mass is 32.2. The molecule has 1 nitrogen and oxygen atoms in total. The van der Waals surface area contributed by atoms with Crippen LogP contribution in [0.4, 0.5) is 0 Å². The Morgan fingerprint density at radius 3 is 2.30 bits per heavy atom. The molecule has 0 radical (unpaired) electrons. The van der Waals surface area contributed by atoms with E-state index in [1.165, 1.54) is 17.9 Å². The molecule has 3 heteroatoms. The van der Waals surface area contributed by atoms with Crippen LogP contribution in [0.15, 0.2) is 0 Å². The maximum atomic E-state index is 5.64. The van der Waals surface area contributed by atoms with E-state index in [-0.39, 0.29) is 0 Å². The molecular weight excluding hydrogens is 162 g/mol. The number of hydrogen-bond donors (Lipinski definition) is 1. The molecule has 1 aliphatic rings. The van der Waals surface area contributed by atoms with Crippen LogP contribution in [-0.4, -0.2) is 28.6 Å².